The van der Waals surface area contributed by atoms with Crippen LogP contribution in [0.5, 0.6) is 0 Å². The molecule has 2 heterocycles. The van der Waals surface area contributed by atoms with E-state index < -0.39 is 10.0 Å². The third-order valence-corrected chi connectivity index (χ3v) is 8.31. The maximum atomic E-state index is 13.3. The molecule has 0 spiro atoms. The number of rotatable bonds is 7. The fourth-order valence-corrected chi connectivity index (χ4v) is 5.98. The number of hydrogen-bond acceptors (Lipinski definition) is 5. The van der Waals surface area contributed by atoms with Gasteiger partial charge in [-0.3, -0.25) is 10.1 Å². The fourth-order valence-electron chi connectivity index (χ4n) is 3.71. The topological polar surface area (TPSA) is 69.7 Å². The molecule has 1 fully saturated rings. The molecule has 1 aliphatic rings. The molecule has 0 bridgehead atoms. The van der Waals surface area contributed by atoms with E-state index in [1.165, 1.54) is 16.4 Å². The van der Waals surface area contributed by atoms with Crippen molar-refractivity contribution in [2.75, 3.05) is 32.7 Å². The number of thiophene rings is 1. The van der Waals surface area contributed by atoms with Crippen LogP contribution in [-0.4, -0.2) is 56.3 Å². The first-order chi connectivity index (χ1) is 15.4. The van der Waals surface area contributed by atoms with Gasteiger partial charge in [-0.1, -0.05) is 36.4 Å². The van der Waals surface area contributed by atoms with Crippen molar-refractivity contribution in [3.8, 4) is 0 Å². The molecule has 32 heavy (non-hydrogen) atoms. The van der Waals surface area contributed by atoms with Crippen molar-refractivity contribution < 1.29 is 17.6 Å². The third-order valence-electron chi connectivity index (χ3n) is 5.46. The minimum atomic E-state index is -3.56. The summed E-state index contributed by atoms with van der Waals surface area (Å²) in [6, 6.07) is 18.3. The van der Waals surface area contributed by atoms with Gasteiger partial charge in [-0.2, -0.15) is 4.31 Å². The Morgan fingerprint density at radius 2 is 1.66 bits per heavy atom. The largest absolute Gasteiger partial charge is 0.339 e. The number of carbonyl (C=O) groups is 1. The molecular formula is C23H24FN3O3S2. The van der Waals surface area contributed by atoms with E-state index in [0.29, 0.717) is 13.1 Å². The van der Waals surface area contributed by atoms with Crippen molar-refractivity contribution in [1.82, 2.24) is 14.5 Å². The van der Waals surface area contributed by atoms with Crippen LogP contribution in [0.25, 0.3) is 0 Å². The molecule has 2 aromatic carbocycles. The van der Waals surface area contributed by atoms with Crippen LogP contribution in [0.1, 0.15) is 16.5 Å². The predicted octanol–water partition coefficient (Wildman–Crippen LogP) is 3.10. The van der Waals surface area contributed by atoms with Gasteiger partial charge in [0.2, 0.25) is 15.9 Å². The number of amides is 1. The van der Waals surface area contributed by atoms with Crippen LogP contribution in [0.2, 0.25) is 0 Å². The Bertz CT molecular complexity index is 1130. The number of sulfonamides is 1. The SMILES string of the molecule is O=C(CNC(c1ccc(F)cc1)c1cccs1)N1CCN(S(=O)(=O)c2ccccc2)CC1. The van der Waals surface area contributed by atoms with E-state index in [2.05, 4.69) is 5.32 Å². The number of nitrogens with zero attached hydrogens (tertiary/aromatic N) is 2. The molecule has 6 nitrogen and oxygen atoms in total. The first kappa shape index (κ1) is 22.6. The van der Waals surface area contributed by atoms with Crippen LogP contribution in [0.4, 0.5) is 4.39 Å². The van der Waals surface area contributed by atoms with Gasteiger partial charge in [0.15, 0.2) is 0 Å². The van der Waals surface area contributed by atoms with Crippen molar-refractivity contribution in [2.24, 2.45) is 0 Å². The van der Waals surface area contributed by atoms with Crippen molar-refractivity contribution in [2.45, 2.75) is 10.9 Å². The van der Waals surface area contributed by atoms with Crippen LogP contribution >= 0.6 is 11.3 Å². The van der Waals surface area contributed by atoms with Gasteiger partial charge in [-0.15, -0.1) is 11.3 Å². The second-order valence-corrected chi connectivity index (χ2v) is 10.4. The molecule has 0 aliphatic carbocycles. The van der Waals surface area contributed by atoms with E-state index >= 15 is 0 Å². The minimum Gasteiger partial charge on any atom is -0.339 e. The molecule has 0 radical (unpaired) electrons. The molecule has 1 aromatic heterocycles. The molecule has 4 rings (SSSR count). The quantitative estimate of drug-likeness (QED) is 0.573. The lowest BCUT2D eigenvalue weighted by Crippen LogP contribution is -2.52. The Balaban J connectivity index is 1.36. The second-order valence-electron chi connectivity index (χ2n) is 7.48. The number of piperazine rings is 1. The van der Waals surface area contributed by atoms with Gasteiger partial charge >= 0.3 is 0 Å². The number of carbonyl (C=O) groups excluding carboxylic acids is 1. The van der Waals surface area contributed by atoms with Crippen molar-refractivity contribution in [3.63, 3.8) is 0 Å². The van der Waals surface area contributed by atoms with E-state index in [-0.39, 0.29) is 42.3 Å². The number of nitrogens with one attached hydrogen (secondary N) is 1. The van der Waals surface area contributed by atoms with E-state index in [1.54, 1.807) is 58.7 Å². The standard InChI is InChI=1S/C23H24FN3O3S2/c24-19-10-8-18(9-11-19)23(21-7-4-16-31-21)25-17-22(28)26-12-14-27(15-13-26)32(29,30)20-5-2-1-3-6-20/h1-11,16,23,25H,12-15,17H2. The summed E-state index contributed by atoms with van der Waals surface area (Å²) in [4.78, 5) is 15.8. The maximum Gasteiger partial charge on any atom is 0.243 e. The van der Waals surface area contributed by atoms with Gasteiger partial charge in [-0.25, -0.2) is 12.8 Å². The molecule has 1 N–H and O–H groups in total. The van der Waals surface area contributed by atoms with Gasteiger partial charge in [0, 0.05) is 31.1 Å². The molecule has 1 saturated heterocycles. The Morgan fingerprint density at radius 1 is 0.969 bits per heavy atom. The van der Waals surface area contributed by atoms with Gasteiger partial charge in [-0.05, 0) is 41.3 Å². The molecular weight excluding hydrogens is 449 g/mol. The summed E-state index contributed by atoms with van der Waals surface area (Å²) >= 11 is 1.56. The highest BCUT2D eigenvalue weighted by atomic mass is 32.2. The highest BCUT2D eigenvalue weighted by Crippen LogP contribution is 2.26. The first-order valence-corrected chi connectivity index (χ1v) is 12.6. The summed E-state index contributed by atoms with van der Waals surface area (Å²) in [7, 11) is -3.56. The lowest BCUT2D eigenvalue weighted by molar-refractivity contribution is -0.131. The third kappa shape index (κ3) is 5.07. The van der Waals surface area contributed by atoms with Gasteiger partial charge < -0.3 is 4.90 Å². The zero-order valence-electron chi connectivity index (χ0n) is 17.4. The smallest absolute Gasteiger partial charge is 0.243 e. The first-order valence-electron chi connectivity index (χ1n) is 10.3. The lowest BCUT2D eigenvalue weighted by Gasteiger charge is -2.34. The molecule has 0 saturated carbocycles. The zero-order valence-corrected chi connectivity index (χ0v) is 19.0. The minimum absolute atomic E-state index is 0.0922. The monoisotopic (exact) mass is 473 g/mol. The van der Waals surface area contributed by atoms with Gasteiger partial charge in [0.1, 0.15) is 5.82 Å². The highest BCUT2D eigenvalue weighted by molar-refractivity contribution is 7.89. The summed E-state index contributed by atoms with van der Waals surface area (Å²) in [5.74, 6) is -0.400. The fraction of sp³-hybridized carbons (Fsp3) is 0.261. The number of halogens is 1. The Kier molecular flexibility index (Phi) is 7.00. The second kappa shape index (κ2) is 9.91. The van der Waals surface area contributed by atoms with Gasteiger partial charge in [0.25, 0.3) is 0 Å². The van der Waals surface area contributed by atoms with Crippen LogP contribution in [0, 0.1) is 5.82 Å². The van der Waals surface area contributed by atoms with Crippen LogP contribution in [0.15, 0.2) is 77.0 Å². The summed E-state index contributed by atoms with van der Waals surface area (Å²) < 4.78 is 40.3. The summed E-state index contributed by atoms with van der Waals surface area (Å²) in [5, 5.41) is 5.25. The Morgan fingerprint density at radius 3 is 2.28 bits per heavy atom. The van der Waals surface area contributed by atoms with Crippen molar-refractivity contribution >= 4 is 27.3 Å². The number of hydrogen-bond donors (Lipinski definition) is 1. The summed E-state index contributed by atoms with van der Waals surface area (Å²) in [5.41, 5.74) is 0.875. The Hall–Kier alpha value is -2.59. The average molecular weight is 474 g/mol. The summed E-state index contributed by atoms with van der Waals surface area (Å²) in [6.45, 7) is 1.30. The summed E-state index contributed by atoms with van der Waals surface area (Å²) in [6.07, 6.45) is 0. The number of benzene rings is 2. The normalized spacial score (nSPS) is 16.1. The molecule has 168 valence electrons. The molecule has 9 heteroatoms. The van der Waals surface area contributed by atoms with Crippen molar-refractivity contribution in [3.05, 3.63) is 88.4 Å². The van der Waals surface area contributed by atoms with Crippen LogP contribution < -0.4 is 5.32 Å². The zero-order chi connectivity index (χ0) is 22.6. The lowest BCUT2D eigenvalue weighted by atomic mass is 10.1. The highest BCUT2D eigenvalue weighted by Gasteiger charge is 2.30. The van der Waals surface area contributed by atoms with Crippen LogP contribution in [-0.2, 0) is 14.8 Å². The van der Waals surface area contributed by atoms with Crippen molar-refractivity contribution in [1.29, 1.82) is 0 Å². The molecule has 1 aliphatic heterocycles. The molecule has 3 aromatic rings. The molecule has 1 unspecified atom stereocenters. The van der Waals surface area contributed by atoms with Crippen LogP contribution in [0.3, 0.4) is 0 Å². The van der Waals surface area contributed by atoms with E-state index in [0.717, 1.165) is 10.4 Å². The Labute approximate surface area is 191 Å². The predicted molar refractivity (Wildman–Crippen MR) is 122 cm³/mol. The molecule has 1 atom stereocenters. The van der Waals surface area contributed by atoms with E-state index in [1.807, 2.05) is 17.5 Å². The maximum absolute atomic E-state index is 13.3. The van der Waals surface area contributed by atoms with Gasteiger partial charge in [0.05, 0.1) is 17.5 Å². The molecule has 1 amide bonds. The van der Waals surface area contributed by atoms with E-state index in [9.17, 15) is 17.6 Å². The van der Waals surface area contributed by atoms with E-state index in [4.69, 9.17) is 0 Å². The average Bonchev–Trinajstić information content (AvgIpc) is 3.35.